The largest absolute Gasteiger partial charge is 0.451 e. The molecule has 1 fully saturated rings. The number of pyridine rings is 1. The third-order valence-electron chi connectivity index (χ3n) is 5.62. The Balaban J connectivity index is 1.38. The van der Waals surface area contributed by atoms with Gasteiger partial charge in [0.15, 0.2) is 0 Å². The SMILES string of the molecule is FC(F)(F)c1nc(N2CCN(Cc3cccc4cccnc34)CC2)c2ccccc2n1. The Morgan fingerprint density at radius 1 is 0.839 bits per heavy atom. The van der Waals surface area contributed by atoms with Gasteiger partial charge < -0.3 is 4.90 Å². The normalized spacial score (nSPS) is 15.6. The Hall–Kier alpha value is -3.26. The van der Waals surface area contributed by atoms with Crippen LogP contribution in [0, 0.1) is 0 Å². The number of hydrogen-bond donors (Lipinski definition) is 0. The highest BCUT2D eigenvalue weighted by Crippen LogP contribution is 2.32. The number of anilines is 1. The maximum Gasteiger partial charge on any atom is 0.451 e. The van der Waals surface area contributed by atoms with Gasteiger partial charge in [-0.25, -0.2) is 9.97 Å². The van der Waals surface area contributed by atoms with Gasteiger partial charge in [0.05, 0.1) is 11.0 Å². The average molecular weight is 423 g/mol. The number of aromatic nitrogens is 3. The lowest BCUT2D eigenvalue weighted by atomic mass is 10.1. The maximum absolute atomic E-state index is 13.3. The molecule has 8 heteroatoms. The van der Waals surface area contributed by atoms with E-state index in [2.05, 4.69) is 25.9 Å². The topological polar surface area (TPSA) is 45.2 Å². The van der Waals surface area contributed by atoms with Gasteiger partial charge >= 0.3 is 6.18 Å². The molecule has 0 spiro atoms. The predicted octanol–water partition coefficient (Wildman–Crippen LogP) is 4.52. The van der Waals surface area contributed by atoms with E-state index in [0.29, 0.717) is 29.8 Å². The summed E-state index contributed by atoms with van der Waals surface area (Å²) in [6, 6.07) is 17.0. The zero-order chi connectivity index (χ0) is 21.4. The number of benzene rings is 2. The van der Waals surface area contributed by atoms with Gasteiger partial charge in [0.1, 0.15) is 5.82 Å². The van der Waals surface area contributed by atoms with Crippen LogP contribution in [0.5, 0.6) is 0 Å². The second-order valence-electron chi connectivity index (χ2n) is 7.64. The third kappa shape index (κ3) is 3.90. The molecule has 1 aliphatic heterocycles. The van der Waals surface area contributed by atoms with Crippen LogP contribution in [0.3, 0.4) is 0 Å². The summed E-state index contributed by atoms with van der Waals surface area (Å²) in [5.41, 5.74) is 2.45. The molecule has 1 saturated heterocycles. The average Bonchev–Trinajstić information content (AvgIpc) is 2.78. The molecular weight excluding hydrogens is 403 g/mol. The lowest BCUT2D eigenvalue weighted by Crippen LogP contribution is -2.46. The number of nitrogens with zero attached hydrogens (tertiary/aromatic N) is 5. The lowest BCUT2D eigenvalue weighted by Gasteiger charge is -2.36. The van der Waals surface area contributed by atoms with Crippen LogP contribution >= 0.6 is 0 Å². The number of halogens is 3. The Morgan fingerprint density at radius 3 is 2.42 bits per heavy atom. The fourth-order valence-electron chi connectivity index (χ4n) is 4.08. The van der Waals surface area contributed by atoms with Crippen LogP contribution in [0.4, 0.5) is 19.0 Å². The number of hydrogen-bond acceptors (Lipinski definition) is 5. The van der Waals surface area contributed by atoms with Crippen LogP contribution in [0.2, 0.25) is 0 Å². The van der Waals surface area contributed by atoms with Gasteiger partial charge in [-0.1, -0.05) is 36.4 Å². The number of piperazine rings is 1. The van der Waals surface area contributed by atoms with Crippen molar-refractivity contribution < 1.29 is 13.2 Å². The van der Waals surface area contributed by atoms with Crippen LogP contribution in [0.1, 0.15) is 11.4 Å². The fourth-order valence-corrected chi connectivity index (χ4v) is 4.08. The lowest BCUT2D eigenvalue weighted by molar-refractivity contribution is -0.144. The molecule has 1 aliphatic rings. The fraction of sp³-hybridized carbons (Fsp3) is 0.261. The van der Waals surface area contributed by atoms with E-state index in [0.717, 1.165) is 36.1 Å². The molecule has 0 atom stereocenters. The zero-order valence-corrected chi connectivity index (χ0v) is 16.7. The second-order valence-corrected chi connectivity index (χ2v) is 7.64. The van der Waals surface area contributed by atoms with Crippen molar-refractivity contribution in [2.75, 3.05) is 31.1 Å². The molecule has 0 radical (unpaired) electrons. The number of rotatable bonds is 3. The highest BCUT2D eigenvalue weighted by atomic mass is 19.4. The highest BCUT2D eigenvalue weighted by Gasteiger charge is 2.36. The van der Waals surface area contributed by atoms with E-state index in [9.17, 15) is 13.2 Å². The van der Waals surface area contributed by atoms with E-state index in [4.69, 9.17) is 0 Å². The van der Waals surface area contributed by atoms with E-state index in [1.807, 2.05) is 29.2 Å². The van der Waals surface area contributed by atoms with Gasteiger partial charge in [-0.2, -0.15) is 13.2 Å². The minimum atomic E-state index is -4.58. The molecule has 2 aromatic heterocycles. The Kier molecular flexibility index (Phi) is 4.94. The van der Waals surface area contributed by atoms with Crippen molar-refractivity contribution in [1.29, 1.82) is 0 Å². The van der Waals surface area contributed by atoms with E-state index in [-0.39, 0.29) is 0 Å². The summed E-state index contributed by atoms with van der Waals surface area (Å²) < 4.78 is 40.0. The smallest absolute Gasteiger partial charge is 0.353 e. The van der Waals surface area contributed by atoms with Crippen molar-refractivity contribution >= 4 is 27.6 Å². The Morgan fingerprint density at radius 2 is 1.61 bits per heavy atom. The summed E-state index contributed by atoms with van der Waals surface area (Å²) in [6.07, 6.45) is -2.79. The highest BCUT2D eigenvalue weighted by molar-refractivity contribution is 5.89. The molecule has 31 heavy (non-hydrogen) atoms. The van der Waals surface area contributed by atoms with E-state index >= 15 is 0 Å². The second kappa shape index (κ2) is 7.77. The first-order valence-electron chi connectivity index (χ1n) is 10.1. The van der Waals surface area contributed by atoms with Crippen molar-refractivity contribution in [3.8, 4) is 0 Å². The number of fused-ring (bicyclic) bond motifs is 2. The molecular formula is C23H20F3N5. The molecule has 5 nitrogen and oxygen atoms in total. The van der Waals surface area contributed by atoms with Gasteiger partial charge in [0.2, 0.25) is 5.82 Å². The quantitative estimate of drug-likeness (QED) is 0.485. The first-order chi connectivity index (χ1) is 15.0. The standard InChI is InChI=1S/C23H20F3N5/c24-23(25,26)22-28-19-9-2-1-8-18(19)21(29-22)31-13-11-30(12-14-31)15-17-6-3-5-16-7-4-10-27-20(16)17/h1-10H,11-15H2. The van der Waals surface area contributed by atoms with Crippen molar-refractivity contribution in [2.45, 2.75) is 12.7 Å². The molecule has 3 heterocycles. The van der Waals surface area contributed by atoms with Gasteiger partial charge in [0, 0.05) is 49.7 Å². The number of alkyl halides is 3. The van der Waals surface area contributed by atoms with Crippen molar-refractivity contribution in [3.05, 3.63) is 72.2 Å². The minimum absolute atomic E-state index is 0.309. The summed E-state index contributed by atoms with van der Waals surface area (Å²) in [7, 11) is 0. The van der Waals surface area contributed by atoms with E-state index in [1.54, 1.807) is 30.5 Å². The van der Waals surface area contributed by atoms with E-state index < -0.39 is 12.0 Å². The van der Waals surface area contributed by atoms with Gasteiger partial charge in [0.25, 0.3) is 0 Å². The van der Waals surface area contributed by atoms with Crippen LogP contribution in [0.25, 0.3) is 21.8 Å². The molecule has 0 unspecified atom stereocenters. The molecule has 0 aliphatic carbocycles. The van der Waals surface area contributed by atoms with Gasteiger partial charge in [-0.15, -0.1) is 0 Å². The maximum atomic E-state index is 13.3. The van der Waals surface area contributed by atoms with Crippen LogP contribution < -0.4 is 4.90 Å². The minimum Gasteiger partial charge on any atom is -0.353 e. The van der Waals surface area contributed by atoms with Gasteiger partial charge in [-0.05, 0) is 23.8 Å². The first-order valence-corrected chi connectivity index (χ1v) is 10.1. The predicted molar refractivity (Wildman–Crippen MR) is 114 cm³/mol. The Labute approximate surface area is 177 Å². The molecule has 0 saturated carbocycles. The molecule has 5 rings (SSSR count). The molecule has 0 N–H and O–H groups in total. The molecule has 4 aromatic rings. The van der Waals surface area contributed by atoms with Crippen molar-refractivity contribution in [3.63, 3.8) is 0 Å². The van der Waals surface area contributed by atoms with Crippen LogP contribution in [0.15, 0.2) is 60.8 Å². The first kappa shape index (κ1) is 19.7. The molecule has 0 amide bonds. The summed E-state index contributed by atoms with van der Waals surface area (Å²) in [4.78, 5) is 16.4. The third-order valence-corrected chi connectivity index (χ3v) is 5.62. The van der Waals surface area contributed by atoms with Gasteiger partial charge in [-0.3, -0.25) is 9.88 Å². The van der Waals surface area contributed by atoms with E-state index in [1.165, 1.54) is 0 Å². The molecule has 0 bridgehead atoms. The van der Waals surface area contributed by atoms with Crippen LogP contribution in [-0.4, -0.2) is 46.0 Å². The van der Waals surface area contributed by atoms with Crippen molar-refractivity contribution in [2.24, 2.45) is 0 Å². The summed E-state index contributed by atoms with van der Waals surface area (Å²) in [5.74, 6) is -0.741. The monoisotopic (exact) mass is 423 g/mol. The molecule has 2 aromatic carbocycles. The zero-order valence-electron chi connectivity index (χ0n) is 16.7. The van der Waals surface area contributed by atoms with Crippen molar-refractivity contribution in [1.82, 2.24) is 19.9 Å². The van der Waals surface area contributed by atoms with Crippen LogP contribution in [-0.2, 0) is 12.7 Å². The molecule has 158 valence electrons. The Bertz CT molecular complexity index is 1230. The number of para-hydroxylation sites is 2. The summed E-state index contributed by atoms with van der Waals surface area (Å²) in [6.45, 7) is 3.39. The summed E-state index contributed by atoms with van der Waals surface area (Å²) in [5, 5.41) is 1.74. The summed E-state index contributed by atoms with van der Waals surface area (Å²) >= 11 is 0.